The maximum atomic E-state index is 14.2. The number of hydrogen-bond acceptors (Lipinski definition) is 8. The lowest BCUT2D eigenvalue weighted by Crippen LogP contribution is -2.45. The highest BCUT2D eigenvalue weighted by Crippen LogP contribution is 2.39. The summed E-state index contributed by atoms with van der Waals surface area (Å²) < 4.78 is 14.2. The molecule has 31 heavy (non-hydrogen) atoms. The lowest BCUT2D eigenvalue weighted by molar-refractivity contribution is 0.0614. The quantitative estimate of drug-likeness (QED) is 0.670. The van der Waals surface area contributed by atoms with Crippen LogP contribution in [0.25, 0.3) is 0 Å². The van der Waals surface area contributed by atoms with Crippen molar-refractivity contribution in [2.75, 3.05) is 41.3 Å². The van der Waals surface area contributed by atoms with Crippen LogP contribution in [0.5, 0.6) is 0 Å². The molecule has 3 aliphatic heterocycles. The number of piperidine rings is 1. The van der Waals surface area contributed by atoms with Crippen LogP contribution in [0.3, 0.4) is 0 Å². The van der Waals surface area contributed by atoms with E-state index in [2.05, 4.69) is 31.6 Å². The molecule has 4 fully saturated rings. The second-order valence-electron chi connectivity index (χ2n) is 9.26. The van der Waals surface area contributed by atoms with Gasteiger partial charge in [0.25, 0.3) is 0 Å². The second kappa shape index (κ2) is 7.56. The molecule has 8 nitrogen and oxygen atoms in total. The van der Waals surface area contributed by atoms with Gasteiger partial charge in [0.15, 0.2) is 0 Å². The predicted octanol–water partition coefficient (Wildman–Crippen LogP) is 1.95. The van der Waals surface area contributed by atoms with Crippen molar-refractivity contribution in [2.45, 2.75) is 56.0 Å². The van der Waals surface area contributed by atoms with Gasteiger partial charge < -0.3 is 25.5 Å². The Labute approximate surface area is 180 Å². The smallest absolute Gasteiger partial charge is 0.150 e. The van der Waals surface area contributed by atoms with Gasteiger partial charge in [-0.25, -0.2) is 14.4 Å². The van der Waals surface area contributed by atoms with Crippen LogP contribution in [-0.2, 0) is 0 Å². The number of aliphatic hydroxyl groups excluding tert-OH is 1. The number of anilines is 4. The standard InChI is InChI=1S/C22H28FN7O/c23-17-12-29(4-3-19(17)31)22-7-15(30-11-14-5-16(30)8-24-14)6-20(28-22)27-21-10-25-18(9-26-21)13-1-2-13/h6-7,9-10,13-14,16-17,19,24,31H,1-5,8,11-12H2,(H,26,27,28)/t14?,16?,17-,19+/m1/s1. The number of aliphatic hydroxyl groups is 1. The van der Waals surface area contributed by atoms with Crippen molar-refractivity contribution >= 4 is 23.1 Å². The fourth-order valence-corrected chi connectivity index (χ4v) is 5.00. The van der Waals surface area contributed by atoms with Crippen molar-refractivity contribution < 1.29 is 9.50 Å². The van der Waals surface area contributed by atoms with Gasteiger partial charge in [-0.3, -0.25) is 4.98 Å². The van der Waals surface area contributed by atoms with Gasteiger partial charge in [0, 0.05) is 55.5 Å². The first-order valence-corrected chi connectivity index (χ1v) is 11.3. The molecule has 0 radical (unpaired) electrons. The Balaban J connectivity index is 1.29. The lowest BCUT2D eigenvalue weighted by atomic mass is 10.1. The molecule has 164 valence electrons. The van der Waals surface area contributed by atoms with E-state index in [0.717, 1.165) is 36.7 Å². The Hall–Kier alpha value is -2.52. The zero-order valence-electron chi connectivity index (χ0n) is 17.4. The Kier molecular flexibility index (Phi) is 4.68. The lowest BCUT2D eigenvalue weighted by Gasteiger charge is -2.35. The summed E-state index contributed by atoms with van der Waals surface area (Å²) in [5.74, 6) is 2.63. The molecule has 0 amide bonds. The number of halogens is 1. The summed E-state index contributed by atoms with van der Waals surface area (Å²) in [6.07, 6.45) is 5.40. The van der Waals surface area contributed by atoms with Crippen molar-refractivity contribution in [2.24, 2.45) is 0 Å². The number of nitrogens with one attached hydrogen (secondary N) is 2. The van der Waals surface area contributed by atoms with Gasteiger partial charge in [-0.1, -0.05) is 0 Å². The van der Waals surface area contributed by atoms with Crippen LogP contribution in [0.1, 0.15) is 37.3 Å². The van der Waals surface area contributed by atoms with E-state index in [-0.39, 0.29) is 6.54 Å². The highest BCUT2D eigenvalue weighted by Gasteiger charge is 2.38. The third-order valence-corrected chi connectivity index (χ3v) is 6.94. The number of nitrogens with zero attached hydrogens (tertiary/aromatic N) is 5. The minimum absolute atomic E-state index is 0.153. The first-order chi connectivity index (χ1) is 15.1. The van der Waals surface area contributed by atoms with Crippen molar-refractivity contribution in [3.63, 3.8) is 0 Å². The number of pyridine rings is 1. The van der Waals surface area contributed by atoms with Crippen LogP contribution in [0.15, 0.2) is 24.5 Å². The summed E-state index contributed by atoms with van der Waals surface area (Å²) in [6.45, 7) is 2.69. The summed E-state index contributed by atoms with van der Waals surface area (Å²) in [5, 5.41) is 16.6. The normalized spacial score (nSPS) is 30.1. The predicted molar refractivity (Wildman–Crippen MR) is 117 cm³/mol. The number of rotatable bonds is 5. The second-order valence-corrected chi connectivity index (χ2v) is 9.26. The van der Waals surface area contributed by atoms with Gasteiger partial charge >= 0.3 is 0 Å². The molecular weight excluding hydrogens is 397 g/mol. The van der Waals surface area contributed by atoms with E-state index in [9.17, 15) is 9.50 Å². The average molecular weight is 426 g/mol. The SMILES string of the molecule is O[C@H]1CCN(c2cc(N3CC4CC3CN4)cc(Nc3cnc(C4CC4)cn3)n2)C[C@H]1F. The minimum Gasteiger partial charge on any atom is -0.390 e. The van der Waals surface area contributed by atoms with Crippen LogP contribution >= 0.6 is 0 Å². The fourth-order valence-electron chi connectivity index (χ4n) is 5.00. The highest BCUT2D eigenvalue weighted by molar-refractivity contribution is 5.66. The molecule has 0 aromatic carbocycles. The zero-order valence-corrected chi connectivity index (χ0v) is 17.4. The van der Waals surface area contributed by atoms with Crippen LogP contribution in [0.4, 0.5) is 27.5 Å². The Bertz CT molecular complexity index is 953. The Morgan fingerprint density at radius 2 is 2.00 bits per heavy atom. The van der Waals surface area contributed by atoms with Gasteiger partial charge in [-0.05, 0) is 25.7 Å². The number of fused-ring (bicyclic) bond motifs is 2. The summed E-state index contributed by atoms with van der Waals surface area (Å²) in [6, 6.07) is 5.10. The Morgan fingerprint density at radius 1 is 1.10 bits per heavy atom. The van der Waals surface area contributed by atoms with Crippen molar-refractivity contribution in [3.8, 4) is 0 Å². The zero-order chi connectivity index (χ0) is 20.9. The molecule has 4 atom stereocenters. The van der Waals surface area contributed by atoms with E-state index in [1.807, 2.05) is 17.2 Å². The summed E-state index contributed by atoms with van der Waals surface area (Å²) in [4.78, 5) is 18.2. The summed E-state index contributed by atoms with van der Waals surface area (Å²) in [7, 11) is 0. The molecule has 0 spiro atoms. The molecule has 4 aliphatic rings. The average Bonchev–Trinajstić information content (AvgIpc) is 3.41. The first-order valence-electron chi connectivity index (χ1n) is 11.3. The molecule has 6 rings (SSSR count). The fraction of sp³-hybridized carbons (Fsp3) is 0.591. The van der Waals surface area contributed by atoms with Gasteiger partial charge in [-0.2, -0.15) is 0 Å². The largest absolute Gasteiger partial charge is 0.390 e. The van der Waals surface area contributed by atoms with Crippen molar-refractivity contribution in [3.05, 3.63) is 30.2 Å². The molecule has 3 N–H and O–H groups in total. The van der Waals surface area contributed by atoms with Crippen LogP contribution in [0, 0.1) is 0 Å². The number of alkyl halides is 1. The maximum Gasteiger partial charge on any atom is 0.150 e. The highest BCUT2D eigenvalue weighted by atomic mass is 19.1. The third kappa shape index (κ3) is 3.80. The molecule has 2 aromatic heterocycles. The third-order valence-electron chi connectivity index (χ3n) is 6.94. The topological polar surface area (TPSA) is 89.4 Å². The van der Waals surface area contributed by atoms with Gasteiger partial charge in [0.2, 0.25) is 0 Å². The van der Waals surface area contributed by atoms with Crippen molar-refractivity contribution in [1.82, 2.24) is 20.3 Å². The van der Waals surface area contributed by atoms with Crippen LogP contribution in [-0.4, -0.2) is 70.6 Å². The monoisotopic (exact) mass is 425 g/mol. The summed E-state index contributed by atoms with van der Waals surface area (Å²) >= 11 is 0. The first kappa shape index (κ1) is 19.2. The van der Waals surface area contributed by atoms with Crippen molar-refractivity contribution in [1.29, 1.82) is 0 Å². The molecule has 3 saturated heterocycles. The van der Waals surface area contributed by atoms with E-state index >= 15 is 0 Å². The molecular formula is C22H28FN7O. The van der Waals surface area contributed by atoms with E-state index < -0.39 is 12.3 Å². The van der Waals surface area contributed by atoms with Crippen LogP contribution < -0.4 is 20.4 Å². The van der Waals surface area contributed by atoms with Gasteiger partial charge in [0.05, 0.1) is 30.7 Å². The molecule has 2 aromatic rings. The molecule has 9 heteroatoms. The molecule has 2 unspecified atom stereocenters. The number of piperazine rings is 1. The number of hydrogen-bond donors (Lipinski definition) is 3. The van der Waals surface area contributed by atoms with E-state index in [1.54, 1.807) is 6.20 Å². The molecule has 1 saturated carbocycles. The molecule has 1 aliphatic carbocycles. The molecule has 5 heterocycles. The minimum atomic E-state index is -1.26. The number of aromatic nitrogens is 3. The summed E-state index contributed by atoms with van der Waals surface area (Å²) in [5.41, 5.74) is 2.14. The van der Waals surface area contributed by atoms with Gasteiger partial charge in [-0.15, -0.1) is 0 Å². The van der Waals surface area contributed by atoms with Gasteiger partial charge in [0.1, 0.15) is 23.6 Å². The molecule has 2 bridgehead atoms. The van der Waals surface area contributed by atoms with E-state index in [0.29, 0.717) is 42.6 Å². The van der Waals surface area contributed by atoms with E-state index in [1.165, 1.54) is 12.8 Å². The maximum absolute atomic E-state index is 14.2. The van der Waals surface area contributed by atoms with Crippen LogP contribution in [0.2, 0.25) is 0 Å². The Morgan fingerprint density at radius 3 is 2.68 bits per heavy atom. The van der Waals surface area contributed by atoms with E-state index in [4.69, 9.17) is 4.98 Å².